The topological polar surface area (TPSA) is 43.8 Å². The van der Waals surface area contributed by atoms with Crippen molar-refractivity contribution in [1.82, 2.24) is 9.78 Å². The van der Waals surface area contributed by atoms with Gasteiger partial charge in [0.15, 0.2) is 0 Å². The molecule has 2 N–H and O–H groups in total. The highest BCUT2D eigenvalue weighted by Crippen LogP contribution is 2.35. The van der Waals surface area contributed by atoms with Gasteiger partial charge in [0.25, 0.3) is 0 Å². The van der Waals surface area contributed by atoms with Crippen LogP contribution in [0.15, 0.2) is 24.3 Å². The van der Waals surface area contributed by atoms with Crippen LogP contribution in [0.3, 0.4) is 0 Å². The maximum Gasteiger partial charge on any atom is 0.130 e. The molecule has 2 atom stereocenters. The van der Waals surface area contributed by atoms with E-state index in [1.54, 1.807) is 4.68 Å². The molecular weight excluding hydrogens is 282 g/mol. The molecule has 0 saturated heterocycles. The molecular formula is C17H22ClN3. The van der Waals surface area contributed by atoms with Crippen LogP contribution < -0.4 is 5.73 Å². The lowest BCUT2D eigenvalue weighted by atomic mass is 9.86. The van der Waals surface area contributed by atoms with Gasteiger partial charge in [-0.3, -0.25) is 4.68 Å². The summed E-state index contributed by atoms with van der Waals surface area (Å²) in [4.78, 5) is 0. The number of halogens is 1. The minimum atomic E-state index is 0.0828. The second kappa shape index (κ2) is 5.82. The third-order valence-electron chi connectivity index (χ3n) is 4.68. The second-order valence-corrected chi connectivity index (χ2v) is 6.42. The summed E-state index contributed by atoms with van der Waals surface area (Å²) in [6, 6.07) is 8.66. The molecule has 0 spiro atoms. The number of benzene rings is 1. The summed E-state index contributed by atoms with van der Waals surface area (Å²) in [6.07, 6.45) is 4.36. The number of nitrogens with two attached hydrogens (primary N) is 1. The summed E-state index contributed by atoms with van der Waals surface area (Å²) in [5, 5.41) is 5.16. The predicted octanol–water partition coefficient (Wildman–Crippen LogP) is 3.58. The molecule has 0 saturated carbocycles. The summed E-state index contributed by atoms with van der Waals surface area (Å²) in [6.45, 7) is 2.03. The molecule has 21 heavy (non-hydrogen) atoms. The molecule has 0 aliphatic heterocycles. The predicted molar refractivity (Wildman–Crippen MR) is 86.5 cm³/mol. The lowest BCUT2D eigenvalue weighted by Crippen LogP contribution is -2.23. The van der Waals surface area contributed by atoms with Crippen LogP contribution in [0, 0.1) is 12.8 Å². The largest absolute Gasteiger partial charge is 0.324 e. The Balaban J connectivity index is 1.89. The number of hydrogen-bond donors (Lipinski definition) is 1. The Labute approximate surface area is 131 Å². The Bertz CT molecular complexity index is 647. The van der Waals surface area contributed by atoms with Crippen LogP contribution in [0.4, 0.5) is 0 Å². The van der Waals surface area contributed by atoms with Crippen molar-refractivity contribution in [2.75, 3.05) is 0 Å². The van der Waals surface area contributed by atoms with Crippen LogP contribution in [0.2, 0.25) is 5.15 Å². The maximum atomic E-state index is 6.58. The third kappa shape index (κ3) is 2.72. The summed E-state index contributed by atoms with van der Waals surface area (Å²) in [5.74, 6) is 0.425. The van der Waals surface area contributed by atoms with Gasteiger partial charge in [-0.05, 0) is 49.7 Å². The van der Waals surface area contributed by atoms with Crippen molar-refractivity contribution in [3.05, 3.63) is 51.8 Å². The molecule has 2 aromatic rings. The van der Waals surface area contributed by atoms with Crippen LogP contribution >= 0.6 is 11.6 Å². The van der Waals surface area contributed by atoms with Crippen molar-refractivity contribution in [1.29, 1.82) is 0 Å². The Morgan fingerprint density at radius 3 is 2.86 bits per heavy atom. The molecule has 0 radical (unpaired) electrons. The summed E-state index contributed by atoms with van der Waals surface area (Å²) >= 11 is 6.38. The van der Waals surface area contributed by atoms with Gasteiger partial charge in [-0.1, -0.05) is 35.9 Å². The van der Waals surface area contributed by atoms with E-state index in [0.717, 1.165) is 35.7 Å². The van der Waals surface area contributed by atoms with Crippen molar-refractivity contribution in [3.8, 4) is 0 Å². The lowest BCUT2D eigenvalue weighted by molar-refractivity contribution is 0.401. The monoisotopic (exact) mass is 303 g/mol. The fourth-order valence-corrected chi connectivity index (χ4v) is 3.72. The molecule has 1 aliphatic carbocycles. The van der Waals surface area contributed by atoms with Gasteiger partial charge in [0.1, 0.15) is 5.15 Å². The van der Waals surface area contributed by atoms with E-state index in [2.05, 4.69) is 29.4 Å². The minimum Gasteiger partial charge on any atom is -0.324 e. The minimum absolute atomic E-state index is 0.0828. The van der Waals surface area contributed by atoms with Crippen LogP contribution in [0.5, 0.6) is 0 Å². The quantitative estimate of drug-likeness (QED) is 0.862. The van der Waals surface area contributed by atoms with Gasteiger partial charge in [0, 0.05) is 18.7 Å². The number of nitrogens with zero attached hydrogens (tertiary/aromatic N) is 2. The first-order chi connectivity index (χ1) is 10.1. The van der Waals surface area contributed by atoms with Crippen molar-refractivity contribution in [3.63, 3.8) is 0 Å². The molecule has 1 heterocycles. The molecule has 0 fully saturated rings. The van der Waals surface area contributed by atoms with Gasteiger partial charge in [0.05, 0.1) is 5.69 Å². The molecule has 1 aromatic heterocycles. The Kier molecular flexibility index (Phi) is 4.05. The highest BCUT2D eigenvalue weighted by Gasteiger charge is 2.27. The van der Waals surface area contributed by atoms with Gasteiger partial charge in [-0.25, -0.2) is 0 Å². The highest BCUT2D eigenvalue weighted by atomic mass is 35.5. The smallest absolute Gasteiger partial charge is 0.130 e. The maximum absolute atomic E-state index is 6.58. The normalized spacial score (nSPS) is 21.9. The lowest BCUT2D eigenvalue weighted by Gasteiger charge is -2.23. The number of aryl methyl sites for hydroxylation is 3. The van der Waals surface area contributed by atoms with E-state index < -0.39 is 0 Å². The van der Waals surface area contributed by atoms with Crippen LogP contribution in [-0.4, -0.2) is 9.78 Å². The Hall–Kier alpha value is -1.32. The standard InChI is InChI=1S/C17H22ClN3/c1-11-15(17(18)21(2)20-11)10-13-8-5-7-12-6-3-4-9-14(12)16(13)19/h3-4,6,9,13,16H,5,7-8,10,19H2,1-2H3. The third-order valence-corrected chi connectivity index (χ3v) is 5.15. The van der Waals surface area contributed by atoms with E-state index in [1.165, 1.54) is 17.5 Å². The van der Waals surface area contributed by atoms with Crippen LogP contribution in [0.1, 0.15) is 41.3 Å². The zero-order chi connectivity index (χ0) is 15.0. The van der Waals surface area contributed by atoms with Crippen LogP contribution in [-0.2, 0) is 19.9 Å². The molecule has 3 rings (SSSR count). The van der Waals surface area contributed by atoms with Crippen molar-refractivity contribution < 1.29 is 0 Å². The summed E-state index contributed by atoms with van der Waals surface area (Å²) in [7, 11) is 1.89. The molecule has 1 aromatic carbocycles. The zero-order valence-electron chi connectivity index (χ0n) is 12.6. The van der Waals surface area contributed by atoms with E-state index in [4.69, 9.17) is 17.3 Å². The highest BCUT2D eigenvalue weighted by molar-refractivity contribution is 6.30. The van der Waals surface area contributed by atoms with Crippen LogP contribution in [0.25, 0.3) is 0 Å². The average Bonchev–Trinajstić information content (AvgIpc) is 2.63. The molecule has 3 nitrogen and oxygen atoms in total. The van der Waals surface area contributed by atoms with E-state index in [-0.39, 0.29) is 6.04 Å². The summed E-state index contributed by atoms with van der Waals surface area (Å²) in [5.41, 5.74) is 11.5. The molecule has 112 valence electrons. The van der Waals surface area contributed by atoms with Gasteiger partial charge >= 0.3 is 0 Å². The number of fused-ring (bicyclic) bond motifs is 1. The fraction of sp³-hybridized carbons (Fsp3) is 0.471. The SMILES string of the molecule is Cc1nn(C)c(Cl)c1CC1CCCc2ccccc2C1N. The molecule has 2 unspecified atom stereocenters. The van der Waals surface area contributed by atoms with E-state index in [1.807, 2.05) is 14.0 Å². The molecule has 0 bridgehead atoms. The first kappa shape index (κ1) is 14.6. The number of aromatic nitrogens is 2. The van der Waals surface area contributed by atoms with Gasteiger partial charge in [-0.15, -0.1) is 0 Å². The molecule has 4 heteroatoms. The fourth-order valence-electron chi connectivity index (χ4n) is 3.47. The molecule has 0 amide bonds. The Morgan fingerprint density at radius 2 is 2.14 bits per heavy atom. The Morgan fingerprint density at radius 1 is 1.38 bits per heavy atom. The van der Waals surface area contributed by atoms with Gasteiger partial charge < -0.3 is 5.73 Å². The summed E-state index contributed by atoms with van der Waals surface area (Å²) < 4.78 is 1.75. The molecule has 1 aliphatic rings. The second-order valence-electron chi connectivity index (χ2n) is 6.06. The first-order valence-electron chi connectivity index (χ1n) is 7.59. The number of rotatable bonds is 2. The van der Waals surface area contributed by atoms with E-state index in [0.29, 0.717) is 5.92 Å². The van der Waals surface area contributed by atoms with Gasteiger partial charge in [-0.2, -0.15) is 5.10 Å². The van der Waals surface area contributed by atoms with Crippen molar-refractivity contribution in [2.45, 2.75) is 38.6 Å². The average molecular weight is 304 g/mol. The van der Waals surface area contributed by atoms with E-state index >= 15 is 0 Å². The zero-order valence-corrected chi connectivity index (χ0v) is 13.4. The van der Waals surface area contributed by atoms with E-state index in [9.17, 15) is 0 Å². The van der Waals surface area contributed by atoms with Crippen molar-refractivity contribution >= 4 is 11.6 Å². The first-order valence-corrected chi connectivity index (χ1v) is 7.97. The number of hydrogen-bond acceptors (Lipinski definition) is 2. The van der Waals surface area contributed by atoms with Crippen molar-refractivity contribution in [2.24, 2.45) is 18.7 Å². The van der Waals surface area contributed by atoms with Gasteiger partial charge in [0.2, 0.25) is 0 Å².